The minimum absolute atomic E-state index is 0.352. The summed E-state index contributed by atoms with van der Waals surface area (Å²) < 4.78 is 0. The number of rotatable bonds is 15. The van der Waals surface area contributed by atoms with Crippen LogP contribution in [0.4, 0.5) is 0 Å². The lowest BCUT2D eigenvalue weighted by atomic mass is 10.1. The van der Waals surface area contributed by atoms with Crippen LogP contribution in [-0.4, -0.2) is 79.8 Å². The smallest absolute Gasteiger partial charge is 0.222 e. The van der Waals surface area contributed by atoms with Gasteiger partial charge in [-0.25, -0.2) is 0 Å². The maximum absolute atomic E-state index is 12.6. The van der Waals surface area contributed by atoms with E-state index in [1.807, 2.05) is 0 Å². The van der Waals surface area contributed by atoms with Crippen molar-refractivity contribution in [2.45, 2.75) is 78.1 Å². The van der Waals surface area contributed by atoms with Crippen LogP contribution < -0.4 is 0 Å². The second-order valence-electron chi connectivity index (χ2n) is 8.09. The van der Waals surface area contributed by atoms with Crippen LogP contribution in [-0.2, 0) is 4.79 Å². The summed E-state index contributed by atoms with van der Waals surface area (Å²) in [6.45, 7) is 10.6. The van der Waals surface area contributed by atoms with Crippen LogP contribution in [0.2, 0.25) is 0 Å². The molecule has 27 heavy (non-hydrogen) atoms. The number of hydrogen-bond donors (Lipinski definition) is 0. The summed E-state index contributed by atoms with van der Waals surface area (Å²) in [5, 5.41) is 0. The van der Waals surface area contributed by atoms with Gasteiger partial charge in [0.25, 0.3) is 0 Å². The van der Waals surface area contributed by atoms with E-state index in [-0.39, 0.29) is 0 Å². The first-order chi connectivity index (χ1) is 13.1. The van der Waals surface area contributed by atoms with Crippen molar-refractivity contribution in [2.24, 2.45) is 4.99 Å². The van der Waals surface area contributed by atoms with Gasteiger partial charge in [0.05, 0.1) is 5.84 Å². The summed E-state index contributed by atoms with van der Waals surface area (Å²) in [5.41, 5.74) is 0. The van der Waals surface area contributed by atoms with Crippen molar-refractivity contribution in [1.29, 1.82) is 0 Å². The van der Waals surface area contributed by atoms with E-state index in [1.54, 1.807) is 0 Å². The van der Waals surface area contributed by atoms with Crippen LogP contribution in [0.15, 0.2) is 4.99 Å². The molecule has 1 heterocycles. The Bertz CT molecular complexity index is 415. The van der Waals surface area contributed by atoms with Crippen LogP contribution >= 0.6 is 0 Å². The van der Waals surface area contributed by atoms with Crippen LogP contribution in [0.3, 0.4) is 0 Å². The molecular weight excluding hydrogens is 336 g/mol. The van der Waals surface area contributed by atoms with Crippen molar-refractivity contribution in [3.05, 3.63) is 0 Å². The Labute approximate surface area is 168 Å². The van der Waals surface area contributed by atoms with Crippen molar-refractivity contribution < 1.29 is 4.79 Å². The standard InChI is InChI=1S/C22H44N4O/c1-5-7-17-26(18-8-6-2)22(27)14-10-9-13-21-23-15-11-19-25(21)20-12-16-24(3)4/h5-20H2,1-4H3. The lowest BCUT2D eigenvalue weighted by Crippen LogP contribution is -2.37. The molecule has 0 aliphatic carbocycles. The van der Waals surface area contributed by atoms with E-state index in [1.165, 1.54) is 18.7 Å². The number of nitrogens with zero attached hydrogens (tertiary/aromatic N) is 4. The highest BCUT2D eigenvalue weighted by atomic mass is 16.2. The van der Waals surface area contributed by atoms with E-state index in [9.17, 15) is 4.79 Å². The Morgan fingerprint density at radius 3 is 2.33 bits per heavy atom. The van der Waals surface area contributed by atoms with Crippen molar-refractivity contribution in [1.82, 2.24) is 14.7 Å². The first-order valence-electron chi connectivity index (χ1n) is 11.3. The zero-order valence-corrected chi connectivity index (χ0v) is 18.5. The highest BCUT2D eigenvalue weighted by Crippen LogP contribution is 2.12. The van der Waals surface area contributed by atoms with Crippen LogP contribution in [0.25, 0.3) is 0 Å². The molecule has 0 aromatic rings. The minimum Gasteiger partial charge on any atom is -0.360 e. The minimum atomic E-state index is 0.352. The van der Waals surface area contributed by atoms with Gasteiger partial charge in [-0.1, -0.05) is 26.7 Å². The highest BCUT2D eigenvalue weighted by Gasteiger charge is 2.16. The monoisotopic (exact) mass is 380 g/mol. The Hall–Kier alpha value is -1.10. The molecule has 0 atom stereocenters. The van der Waals surface area contributed by atoms with Gasteiger partial charge >= 0.3 is 0 Å². The van der Waals surface area contributed by atoms with Gasteiger partial charge in [0.1, 0.15) is 0 Å². The number of amides is 1. The van der Waals surface area contributed by atoms with E-state index in [0.717, 1.165) is 84.2 Å². The topological polar surface area (TPSA) is 39.2 Å². The number of amidine groups is 1. The second-order valence-corrected chi connectivity index (χ2v) is 8.09. The largest absolute Gasteiger partial charge is 0.360 e. The van der Waals surface area contributed by atoms with Crippen molar-refractivity contribution in [2.75, 3.05) is 53.4 Å². The number of aliphatic imine (C=N–C) groups is 1. The molecule has 0 bridgehead atoms. The lowest BCUT2D eigenvalue weighted by Gasteiger charge is -2.30. The summed E-state index contributed by atoms with van der Waals surface area (Å²) in [6, 6.07) is 0. The Balaban J connectivity index is 2.32. The van der Waals surface area contributed by atoms with E-state index in [0.29, 0.717) is 12.3 Å². The molecule has 0 saturated heterocycles. The van der Waals surface area contributed by atoms with Gasteiger partial charge in [0, 0.05) is 45.6 Å². The fraction of sp³-hybridized carbons (Fsp3) is 0.909. The SMILES string of the molecule is CCCCN(CCCC)C(=O)CCCCC1=NCCCN1CCCN(C)C. The summed E-state index contributed by atoms with van der Waals surface area (Å²) in [4.78, 5) is 24.1. The summed E-state index contributed by atoms with van der Waals surface area (Å²) in [6.07, 6.45) is 10.7. The summed E-state index contributed by atoms with van der Waals surface area (Å²) in [7, 11) is 4.26. The van der Waals surface area contributed by atoms with Gasteiger partial charge in [-0.2, -0.15) is 0 Å². The third-order valence-corrected chi connectivity index (χ3v) is 5.24. The summed E-state index contributed by atoms with van der Waals surface area (Å²) in [5.74, 6) is 1.63. The third-order valence-electron chi connectivity index (χ3n) is 5.24. The predicted molar refractivity (Wildman–Crippen MR) is 117 cm³/mol. The average molecular weight is 381 g/mol. The first-order valence-corrected chi connectivity index (χ1v) is 11.3. The fourth-order valence-corrected chi connectivity index (χ4v) is 3.53. The van der Waals surface area contributed by atoms with Crippen LogP contribution in [0.1, 0.15) is 78.1 Å². The molecule has 5 heteroatoms. The van der Waals surface area contributed by atoms with Crippen molar-refractivity contribution in [3.8, 4) is 0 Å². The predicted octanol–water partition coefficient (Wildman–Crippen LogP) is 4.03. The van der Waals surface area contributed by atoms with Gasteiger partial charge < -0.3 is 14.7 Å². The maximum Gasteiger partial charge on any atom is 0.222 e. The van der Waals surface area contributed by atoms with Crippen LogP contribution in [0, 0.1) is 0 Å². The molecule has 0 radical (unpaired) electrons. The molecule has 1 rings (SSSR count). The fourth-order valence-electron chi connectivity index (χ4n) is 3.53. The van der Waals surface area contributed by atoms with E-state index in [2.05, 4.69) is 42.6 Å². The Morgan fingerprint density at radius 1 is 1.00 bits per heavy atom. The van der Waals surface area contributed by atoms with Gasteiger partial charge in [0.2, 0.25) is 5.91 Å². The van der Waals surface area contributed by atoms with Crippen molar-refractivity contribution in [3.63, 3.8) is 0 Å². The molecular formula is C22H44N4O. The molecule has 0 aromatic heterocycles. The van der Waals surface area contributed by atoms with Crippen LogP contribution in [0.5, 0.6) is 0 Å². The zero-order chi connectivity index (χ0) is 19.9. The first kappa shape index (κ1) is 23.9. The molecule has 0 N–H and O–H groups in total. The molecule has 158 valence electrons. The summed E-state index contributed by atoms with van der Waals surface area (Å²) >= 11 is 0. The van der Waals surface area contributed by atoms with Gasteiger partial charge in [-0.15, -0.1) is 0 Å². The quantitative estimate of drug-likeness (QED) is 0.403. The third kappa shape index (κ3) is 10.7. The van der Waals surface area contributed by atoms with E-state index < -0.39 is 0 Å². The molecule has 1 amide bonds. The highest BCUT2D eigenvalue weighted by molar-refractivity contribution is 5.83. The Morgan fingerprint density at radius 2 is 1.70 bits per heavy atom. The maximum atomic E-state index is 12.6. The number of carbonyl (C=O) groups is 1. The molecule has 1 aliphatic rings. The number of hydrogen-bond acceptors (Lipinski definition) is 4. The van der Waals surface area contributed by atoms with Gasteiger partial charge in [0.15, 0.2) is 0 Å². The normalized spacial score (nSPS) is 14.6. The lowest BCUT2D eigenvalue weighted by molar-refractivity contribution is -0.131. The van der Waals surface area contributed by atoms with E-state index in [4.69, 9.17) is 4.99 Å². The average Bonchev–Trinajstić information content (AvgIpc) is 2.66. The molecule has 0 spiro atoms. The van der Waals surface area contributed by atoms with Gasteiger partial charge in [-0.05, 0) is 59.2 Å². The second kappa shape index (κ2) is 14.9. The zero-order valence-electron chi connectivity index (χ0n) is 18.5. The van der Waals surface area contributed by atoms with Crippen molar-refractivity contribution >= 4 is 11.7 Å². The number of carbonyl (C=O) groups excluding carboxylic acids is 1. The molecule has 0 saturated carbocycles. The molecule has 0 aromatic carbocycles. The number of unbranched alkanes of at least 4 members (excludes halogenated alkanes) is 3. The van der Waals surface area contributed by atoms with Gasteiger partial charge in [-0.3, -0.25) is 9.79 Å². The van der Waals surface area contributed by atoms with E-state index >= 15 is 0 Å². The molecule has 0 fully saturated rings. The molecule has 0 unspecified atom stereocenters. The molecule has 5 nitrogen and oxygen atoms in total. The molecule has 1 aliphatic heterocycles. The Kier molecular flexibility index (Phi) is 13.2.